The second kappa shape index (κ2) is 3.24. The Bertz CT molecular complexity index is 317. The number of carbonyl (C=O) groups is 1. The van der Waals surface area contributed by atoms with Gasteiger partial charge in [0.25, 0.3) is 0 Å². The van der Waals surface area contributed by atoms with Crippen molar-refractivity contribution in [3.63, 3.8) is 0 Å². The summed E-state index contributed by atoms with van der Waals surface area (Å²) in [4.78, 5) is 12.1. The molecule has 3 fully saturated rings. The molecule has 2 nitrogen and oxygen atoms in total. The van der Waals surface area contributed by atoms with Crippen LogP contribution >= 0.6 is 0 Å². The highest BCUT2D eigenvalue weighted by molar-refractivity contribution is 5.74. The Balaban J connectivity index is 1.67. The van der Waals surface area contributed by atoms with E-state index in [4.69, 9.17) is 4.74 Å². The van der Waals surface area contributed by atoms with Gasteiger partial charge in [-0.05, 0) is 56.3 Å². The lowest BCUT2D eigenvalue weighted by Gasteiger charge is -2.31. The van der Waals surface area contributed by atoms with Gasteiger partial charge < -0.3 is 4.74 Å². The fourth-order valence-electron chi connectivity index (χ4n) is 3.81. The van der Waals surface area contributed by atoms with Gasteiger partial charge in [0, 0.05) is 0 Å². The van der Waals surface area contributed by atoms with E-state index < -0.39 is 0 Å². The molecule has 3 rings (SSSR count). The van der Waals surface area contributed by atoms with Gasteiger partial charge in [-0.25, -0.2) is 0 Å². The summed E-state index contributed by atoms with van der Waals surface area (Å²) < 4.78 is 5.63. The van der Waals surface area contributed by atoms with E-state index in [1.54, 1.807) is 0 Å². The van der Waals surface area contributed by atoms with Gasteiger partial charge in [-0.3, -0.25) is 4.79 Å². The number of ether oxygens (including phenoxy) is 1. The highest BCUT2D eigenvalue weighted by Crippen LogP contribution is 2.55. The summed E-state index contributed by atoms with van der Waals surface area (Å²) in [6, 6.07) is 0. The first-order valence-corrected chi connectivity index (χ1v) is 6.73. The molecule has 16 heavy (non-hydrogen) atoms. The van der Waals surface area contributed by atoms with Gasteiger partial charge >= 0.3 is 5.97 Å². The second-order valence-corrected chi connectivity index (χ2v) is 6.59. The lowest BCUT2D eigenvalue weighted by atomic mass is 9.76. The van der Waals surface area contributed by atoms with E-state index in [1.165, 1.54) is 6.42 Å². The van der Waals surface area contributed by atoms with Crippen molar-refractivity contribution >= 4 is 5.97 Å². The van der Waals surface area contributed by atoms with Crippen molar-refractivity contribution in [3.05, 3.63) is 0 Å². The number of hydrogen-bond donors (Lipinski definition) is 0. The van der Waals surface area contributed by atoms with Gasteiger partial charge in [0.2, 0.25) is 0 Å². The van der Waals surface area contributed by atoms with Crippen LogP contribution in [0.5, 0.6) is 0 Å². The Morgan fingerprint density at radius 3 is 2.38 bits per heavy atom. The van der Waals surface area contributed by atoms with Crippen LogP contribution in [0.15, 0.2) is 0 Å². The van der Waals surface area contributed by atoms with Crippen molar-refractivity contribution in [1.82, 2.24) is 0 Å². The normalized spacial score (nSPS) is 48.1. The first-order valence-electron chi connectivity index (χ1n) is 6.73. The first-order chi connectivity index (χ1) is 7.50. The van der Waals surface area contributed by atoms with Crippen LogP contribution in [0.25, 0.3) is 0 Å². The van der Waals surface area contributed by atoms with Gasteiger partial charge in [-0.15, -0.1) is 0 Å². The molecule has 0 spiro atoms. The average molecular weight is 222 g/mol. The first kappa shape index (κ1) is 10.6. The molecule has 0 radical (unpaired) electrons. The van der Waals surface area contributed by atoms with Gasteiger partial charge in [-0.1, -0.05) is 13.8 Å². The Morgan fingerprint density at radius 1 is 1.19 bits per heavy atom. The monoisotopic (exact) mass is 222 g/mol. The van der Waals surface area contributed by atoms with Gasteiger partial charge in [-0.2, -0.15) is 0 Å². The fraction of sp³-hybridized carbons (Fsp3) is 0.929. The van der Waals surface area contributed by atoms with Gasteiger partial charge in [0.1, 0.15) is 5.60 Å². The zero-order valence-electron chi connectivity index (χ0n) is 10.5. The van der Waals surface area contributed by atoms with Crippen molar-refractivity contribution < 1.29 is 9.53 Å². The molecular weight excluding hydrogens is 200 g/mol. The van der Waals surface area contributed by atoms with E-state index in [2.05, 4.69) is 20.8 Å². The van der Waals surface area contributed by atoms with Crippen LogP contribution in [0, 0.1) is 29.6 Å². The predicted octanol–water partition coefficient (Wildman–Crippen LogP) is 3.01. The van der Waals surface area contributed by atoms with Crippen LogP contribution in [0.1, 0.15) is 46.5 Å². The van der Waals surface area contributed by atoms with Crippen molar-refractivity contribution in [2.24, 2.45) is 29.6 Å². The van der Waals surface area contributed by atoms with E-state index in [9.17, 15) is 4.79 Å². The molecule has 5 unspecified atom stereocenters. The molecule has 0 aliphatic heterocycles. The molecule has 2 bridgehead atoms. The molecule has 5 atom stereocenters. The Hall–Kier alpha value is -0.530. The van der Waals surface area contributed by atoms with Crippen LogP contribution in [-0.2, 0) is 9.53 Å². The molecule has 0 aromatic rings. The van der Waals surface area contributed by atoms with Gasteiger partial charge in [0.15, 0.2) is 0 Å². The number of rotatable bonds is 2. The van der Waals surface area contributed by atoms with Gasteiger partial charge in [0.05, 0.1) is 5.92 Å². The maximum Gasteiger partial charge on any atom is 0.309 e. The van der Waals surface area contributed by atoms with Crippen LogP contribution < -0.4 is 0 Å². The number of hydrogen-bond acceptors (Lipinski definition) is 2. The molecule has 3 aliphatic rings. The minimum absolute atomic E-state index is 0.0895. The molecule has 3 aliphatic carbocycles. The summed E-state index contributed by atoms with van der Waals surface area (Å²) in [7, 11) is 0. The van der Waals surface area contributed by atoms with Crippen LogP contribution in [0.3, 0.4) is 0 Å². The standard InChI is InChI=1S/C14H22O2/c1-8-9(2)11-6-10(8)7-12(11)13(15)16-14(3)4-5-14/h8-12H,4-7H2,1-3H3. The number of fused-ring (bicyclic) bond motifs is 2. The summed E-state index contributed by atoms with van der Waals surface area (Å²) in [6.07, 6.45) is 4.47. The zero-order valence-corrected chi connectivity index (χ0v) is 10.5. The van der Waals surface area contributed by atoms with Crippen molar-refractivity contribution in [3.8, 4) is 0 Å². The topological polar surface area (TPSA) is 26.3 Å². The average Bonchev–Trinajstić information content (AvgIpc) is 2.74. The van der Waals surface area contributed by atoms with E-state index in [0.717, 1.165) is 31.1 Å². The molecule has 3 saturated carbocycles. The quantitative estimate of drug-likeness (QED) is 0.671. The largest absolute Gasteiger partial charge is 0.459 e. The highest BCUT2D eigenvalue weighted by atomic mass is 16.6. The van der Waals surface area contributed by atoms with Crippen LogP contribution in [0.2, 0.25) is 0 Å². The third-order valence-corrected chi connectivity index (χ3v) is 5.50. The van der Waals surface area contributed by atoms with E-state index in [1.807, 2.05) is 0 Å². The lowest BCUT2D eigenvalue weighted by Crippen LogP contribution is -2.32. The SMILES string of the molecule is CC1C2CC(C(=O)OC3(C)CC3)C(C2)C1C. The molecule has 0 amide bonds. The Kier molecular flexibility index (Phi) is 2.15. The van der Waals surface area contributed by atoms with E-state index in [0.29, 0.717) is 11.8 Å². The van der Waals surface area contributed by atoms with E-state index in [-0.39, 0.29) is 17.5 Å². The predicted molar refractivity (Wildman–Crippen MR) is 61.8 cm³/mol. The van der Waals surface area contributed by atoms with Crippen LogP contribution in [0.4, 0.5) is 0 Å². The molecule has 90 valence electrons. The zero-order chi connectivity index (χ0) is 11.5. The molecule has 2 heteroatoms. The molecule has 0 aromatic heterocycles. The Morgan fingerprint density at radius 2 is 1.88 bits per heavy atom. The third-order valence-electron chi connectivity index (χ3n) is 5.50. The third kappa shape index (κ3) is 1.49. The summed E-state index contributed by atoms with van der Waals surface area (Å²) in [5, 5.41) is 0. The molecule has 0 aromatic carbocycles. The highest BCUT2D eigenvalue weighted by Gasteiger charge is 2.53. The summed E-state index contributed by atoms with van der Waals surface area (Å²) >= 11 is 0. The minimum Gasteiger partial charge on any atom is -0.459 e. The van der Waals surface area contributed by atoms with Crippen molar-refractivity contribution in [2.75, 3.05) is 0 Å². The smallest absolute Gasteiger partial charge is 0.309 e. The molecule has 0 heterocycles. The molecule has 0 saturated heterocycles. The maximum atomic E-state index is 12.1. The maximum absolute atomic E-state index is 12.1. The minimum atomic E-state index is -0.0895. The summed E-state index contributed by atoms with van der Waals surface area (Å²) in [5.41, 5.74) is -0.0895. The number of carbonyl (C=O) groups excluding carboxylic acids is 1. The Labute approximate surface area is 97.7 Å². The van der Waals surface area contributed by atoms with Crippen LogP contribution in [-0.4, -0.2) is 11.6 Å². The second-order valence-electron chi connectivity index (χ2n) is 6.59. The lowest BCUT2D eigenvalue weighted by molar-refractivity contribution is -0.158. The number of esters is 1. The molecule has 0 N–H and O–H groups in total. The summed E-state index contributed by atoms with van der Waals surface area (Å²) in [5.74, 6) is 3.23. The summed E-state index contributed by atoms with van der Waals surface area (Å²) in [6.45, 7) is 6.72. The fourth-order valence-corrected chi connectivity index (χ4v) is 3.81. The molecular formula is C14H22O2. The van der Waals surface area contributed by atoms with Crippen molar-refractivity contribution in [1.29, 1.82) is 0 Å². The van der Waals surface area contributed by atoms with E-state index >= 15 is 0 Å². The van der Waals surface area contributed by atoms with Crippen molar-refractivity contribution in [2.45, 2.75) is 52.1 Å².